The summed E-state index contributed by atoms with van der Waals surface area (Å²) in [4.78, 5) is 29.2. The first-order valence-electron chi connectivity index (χ1n) is 14.8. The number of anilines is 1. The minimum atomic E-state index is -4.19. The summed E-state index contributed by atoms with van der Waals surface area (Å²) in [5, 5.41) is 3.12. The van der Waals surface area contributed by atoms with Crippen LogP contribution in [0.1, 0.15) is 51.5 Å². The molecule has 43 heavy (non-hydrogen) atoms. The summed E-state index contributed by atoms with van der Waals surface area (Å²) in [5.74, 6) is 0.216. The fourth-order valence-corrected chi connectivity index (χ4v) is 6.70. The quantitative estimate of drug-likeness (QED) is 0.288. The van der Waals surface area contributed by atoms with E-state index in [9.17, 15) is 18.0 Å². The second-order valence-corrected chi connectivity index (χ2v) is 12.5. The number of sulfonamides is 1. The molecule has 0 spiro atoms. The van der Waals surface area contributed by atoms with Crippen LogP contribution in [0.25, 0.3) is 0 Å². The Morgan fingerprint density at radius 1 is 0.930 bits per heavy atom. The molecular formula is C33H41N3O6S. The van der Waals surface area contributed by atoms with E-state index in [4.69, 9.17) is 9.47 Å². The van der Waals surface area contributed by atoms with Crippen LogP contribution in [-0.2, 0) is 26.2 Å². The molecule has 0 heterocycles. The molecular weight excluding hydrogens is 566 g/mol. The minimum absolute atomic E-state index is 0.0406. The Morgan fingerprint density at radius 2 is 1.58 bits per heavy atom. The topological polar surface area (TPSA) is 105 Å². The molecule has 1 aliphatic carbocycles. The lowest BCUT2D eigenvalue weighted by Gasteiger charge is -2.33. The number of methoxy groups -OCH3 is 1. The summed E-state index contributed by atoms with van der Waals surface area (Å²) >= 11 is 0. The third kappa shape index (κ3) is 8.07. The Labute approximate surface area is 254 Å². The van der Waals surface area contributed by atoms with E-state index in [0.29, 0.717) is 18.1 Å². The maximum atomic E-state index is 14.2. The summed E-state index contributed by atoms with van der Waals surface area (Å²) in [6.07, 6.45) is 5.07. The molecule has 230 valence electrons. The monoisotopic (exact) mass is 607 g/mol. The van der Waals surface area contributed by atoms with Crippen LogP contribution in [0.5, 0.6) is 11.5 Å². The molecule has 4 rings (SSSR count). The van der Waals surface area contributed by atoms with Crippen molar-refractivity contribution in [1.82, 2.24) is 10.2 Å². The number of ether oxygens (including phenoxy) is 2. The normalized spacial score (nSPS) is 14.4. The number of carbonyl (C=O) groups excluding carboxylic acids is 2. The highest BCUT2D eigenvalue weighted by atomic mass is 32.2. The predicted octanol–water partition coefficient (Wildman–Crippen LogP) is 5.16. The third-order valence-corrected chi connectivity index (χ3v) is 9.45. The van der Waals surface area contributed by atoms with E-state index in [1.807, 2.05) is 12.1 Å². The SMILES string of the molecule is CCOc1ccccc1N(CC(=O)N(Cc1ccc(OC)cc1)C(C)C(=O)NC1CCCCC1)S(=O)(=O)c1ccccc1. The molecule has 3 aromatic rings. The van der Waals surface area contributed by atoms with Gasteiger partial charge in [-0.2, -0.15) is 0 Å². The second kappa shape index (κ2) is 14.9. The van der Waals surface area contributed by atoms with Crippen molar-refractivity contribution in [3.63, 3.8) is 0 Å². The number of rotatable bonds is 13. The third-order valence-electron chi connectivity index (χ3n) is 7.67. The summed E-state index contributed by atoms with van der Waals surface area (Å²) < 4.78 is 40.2. The van der Waals surface area contributed by atoms with Crippen LogP contribution in [-0.4, -0.2) is 57.5 Å². The van der Waals surface area contributed by atoms with Crippen LogP contribution >= 0.6 is 0 Å². The number of nitrogens with one attached hydrogen (secondary N) is 1. The van der Waals surface area contributed by atoms with Crippen LogP contribution in [0.2, 0.25) is 0 Å². The number of carbonyl (C=O) groups is 2. The van der Waals surface area contributed by atoms with Gasteiger partial charge < -0.3 is 19.7 Å². The average molecular weight is 608 g/mol. The van der Waals surface area contributed by atoms with Crippen molar-refractivity contribution in [2.75, 3.05) is 24.6 Å². The molecule has 2 amide bonds. The highest BCUT2D eigenvalue weighted by molar-refractivity contribution is 7.92. The van der Waals surface area contributed by atoms with Crippen molar-refractivity contribution in [3.05, 3.63) is 84.4 Å². The molecule has 0 aliphatic heterocycles. The molecule has 3 aromatic carbocycles. The van der Waals surface area contributed by atoms with Crippen molar-refractivity contribution < 1.29 is 27.5 Å². The van der Waals surface area contributed by atoms with E-state index in [2.05, 4.69) is 5.32 Å². The molecule has 0 aromatic heterocycles. The highest BCUT2D eigenvalue weighted by Crippen LogP contribution is 2.33. The van der Waals surface area contributed by atoms with E-state index >= 15 is 0 Å². The number of amides is 2. The van der Waals surface area contributed by atoms with Gasteiger partial charge in [-0.3, -0.25) is 13.9 Å². The van der Waals surface area contributed by atoms with E-state index in [1.165, 1.54) is 17.0 Å². The van der Waals surface area contributed by atoms with Crippen molar-refractivity contribution in [3.8, 4) is 11.5 Å². The van der Waals surface area contributed by atoms with Gasteiger partial charge in [0.2, 0.25) is 11.8 Å². The van der Waals surface area contributed by atoms with Gasteiger partial charge in [-0.15, -0.1) is 0 Å². The highest BCUT2D eigenvalue weighted by Gasteiger charge is 2.34. The van der Waals surface area contributed by atoms with Crippen LogP contribution in [0, 0.1) is 0 Å². The lowest BCUT2D eigenvalue weighted by molar-refractivity contribution is -0.139. The van der Waals surface area contributed by atoms with Gasteiger partial charge in [0.1, 0.15) is 24.1 Å². The number of nitrogens with zero attached hydrogens (tertiary/aromatic N) is 2. The summed E-state index contributed by atoms with van der Waals surface area (Å²) in [6.45, 7) is 3.38. The first-order chi connectivity index (χ1) is 20.7. The molecule has 1 fully saturated rings. The zero-order chi connectivity index (χ0) is 30.8. The van der Waals surface area contributed by atoms with Crippen LogP contribution in [0.15, 0.2) is 83.8 Å². The summed E-state index contributed by atoms with van der Waals surface area (Å²) in [7, 11) is -2.61. The first kappa shape index (κ1) is 31.9. The standard InChI is InChI=1S/C33H41N3O6S/c1-4-42-31-18-12-11-17-30(31)36(43(39,40)29-15-9-6-10-16-29)24-32(37)35(23-26-19-21-28(41-3)22-20-26)25(2)33(38)34-27-13-7-5-8-14-27/h6,9-12,15-22,25,27H,4-5,7-8,13-14,23-24H2,1-3H3,(H,34,38). The van der Waals surface area contributed by atoms with E-state index in [0.717, 1.165) is 42.0 Å². The maximum Gasteiger partial charge on any atom is 0.264 e. The fraction of sp³-hybridized carbons (Fsp3) is 0.394. The van der Waals surface area contributed by atoms with Crippen LogP contribution in [0.4, 0.5) is 5.69 Å². The molecule has 1 N–H and O–H groups in total. The number of hydrogen-bond donors (Lipinski definition) is 1. The van der Waals surface area contributed by atoms with E-state index in [-0.39, 0.29) is 29.1 Å². The molecule has 1 saturated carbocycles. The van der Waals surface area contributed by atoms with Crippen molar-refractivity contribution in [2.45, 2.75) is 69.5 Å². The maximum absolute atomic E-state index is 14.2. The molecule has 9 nitrogen and oxygen atoms in total. The van der Waals surface area contributed by atoms with Crippen molar-refractivity contribution in [2.24, 2.45) is 0 Å². The van der Waals surface area contributed by atoms with Crippen molar-refractivity contribution >= 4 is 27.5 Å². The Bertz CT molecular complexity index is 1460. The predicted molar refractivity (Wildman–Crippen MR) is 167 cm³/mol. The smallest absolute Gasteiger partial charge is 0.264 e. The Balaban J connectivity index is 1.70. The lowest BCUT2D eigenvalue weighted by Crippen LogP contribution is -2.53. The molecule has 1 atom stereocenters. The molecule has 0 radical (unpaired) electrons. The van der Waals surface area contributed by atoms with Gasteiger partial charge in [-0.05, 0) is 68.7 Å². The number of benzene rings is 3. The fourth-order valence-electron chi connectivity index (χ4n) is 5.25. The number of hydrogen-bond acceptors (Lipinski definition) is 6. The van der Waals surface area contributed by atoms with Gasteiger partial charge >= 0.3 is 0 Å². The van der Waals surface area contributed by atoms with E-state index in [1.54, 1.807) is 75.6 Å². The molecule has 0 bridgehead atoms. The van der Waals surface area contributed by atoms with Gasteiger partial charge in [0.15, 0.2) is 0 Å². The Hall–Kier alpha value is -4.05. The minimum Gasteiger partial charge on any atom is -0.497 e. The second-order valence-electron chi connectivity index (χ2n) is 10.6. The summed E-state index contributed by atoms with van der Waals surface area (Å²) in [5.41, 5.74) is 1.02. The Morgan fingerprint density at radius 3 is 2.23 bits per heavy atom. The zero-order valence-corrected chi connectivity index (χ0v) is 25.9. The molecule has 10 heteroatoms. The van der Waals surface area contributed by atoms with Gasteiger partial charge in [-0.25, -0.2) is 8.42 Å². The van der Waals surface area contributed by atoms with Gasteiger partial charge in [0.25, 0.3) is 10.0 Å². The Kier molecular flexibility index (Phi) is 11.1. The van der Waals surface area contributed by atoms with Crippen molar-refractivity contribution in [1.29, 1.82) is 0 Å². The zero-order valence-electron chi connectivity index (χ0n) is 25.1. The molecule has 1 aliphatic rings. The van der Waals surface area contributed by atoms with E-state index < -0.39 is 28.5 Å². The summed E-state index contributed by atoms with van der Waals surface area (Å²) in [6, 6.07) is 21.2. The van der Waals surface area contributed by atoms with Gasteiger partial charge in [-0.1, -0.05) is 61.7 Å². The average Bonchev–Trinajstić information content (AvgIpc) is 3.03. The first-order valence-corrected chi connectivity index (χ1v) is 16.2. The molecule has 0 saturated heterocycles. The largest absolute Gasteiger partial charge is 0.497 e. The van der Waals surface area contributed by atoms with Crippen LogP contribution < -0.4 is 19.1 Å². The van der Waals surface area contributed by atoms with Gasteiger partial charge in [0.05, 0.1) is 24.3 Å². The van der Waals surface area contributed by atoms with Crippen LogP contribution in [0.3, 0.4) is 0 Å². The lowest BCUT2D eigenvalue weighted by atomic mass is 9.95. The van der Waals surface area contributed by atoms with Gasteiger partial charge in [0, 0.05) is 12.6 Å². The number of para-hydroxylation sites is 2. The molecule has 1 unspecified atom stereocenters.